The zero-order valence-corrected chi connectivity index (χ0v) is 18.3. The Balaban J connectivity index is 1.54. The van der Waals surface area contributed by atoms with Crippen molar-refractivity contribution in [3.05, 3.63) is 78.4 Å². The second-order valence-electron chi connectivity index (χ2n) is 7.80. The average molecular weight is 429 g/mol. The molecule has 30 heavy (non-hydrogen) atoms. The molecule has 0 saturated carbocycles. The Morgan fingerprint density at radius 3 is 2.13 bits per heavy atom. The molecule has 0 radical (unpaired) electrons. The molecule has 160 valence electrons. The van der Waals surface area contributed by atoms with Crippen LogP contribution in [0.3, 0.4) is 0 Å². The molecule has 0 saturated heterocycles. The minimum Gasteiger partial charge on any atom is -0.494 e. The van der Waals surface area contributed by atoms with E-state index in [-0.39, 0.29) is 17.9 Å². The molecule has 0 amide bonds. The molecule has 0 aliphatic heterocycles. The molecule has 0 aliphatic rings. The predicted molar refractivity (Wildman–Crippen MR) is 120 cm³/mol. The predicted octanol–water partition coefficient (Wildman–Crippen LogP) is 4.66. The fourth-order valence-electron chi connectivity index (χ4n) is 3.20. The summed E-state index contributed by atoms with van der Waals surface area (Å²) in [6.45, 7) is 6.15. The number of aliphatic hydroxyl groups excluding tert-OH is 1. The van der Waals surface area contributed by atoms with Crippen molar-refractivity contribution < 1.29 is 14.6 Å². The molecule has 3 rings (SSSR count). The molecule has 0 aliphatic carbocycles. The molecule has 1 atom stereocenters. The van der Waals surface area contributed by atoms with Gasteiger partial charge in [0.1, 0.15) is 24.2 Å². The summed E-state index contributed by atoms with van der Waals surface area (Å²) in [4.78, 5) is 4.04. The van der Waals surface area contributed by atoms with Crippen molar-refractivity contribution in [2.45, 2.75) is 38.3 Å². The normalized spacial score (nSPS) is 12.5. The maximum absolute atomic E-state index is 9.51. The second kappa shape index (κ2) is 10.5. The van der Waals surface area contributed by atoms with Crippen molar-refractivity contribution in [3.63, 3.8) is 0 Å². The van der Waals surface area contributed by atoms with Crippen LogP contribution in [0.1, 0.15) is 31.4 Å². The number of nitrogens with zero attached hydrogens (tertiary/aromatic N) is 2. The quantitative estimate of drug-likeness (QED) is 0.356. The van der Waals surface area contributed by atoms with Gasteiger partial charge in [0, 0.05) is 24.4 Å². The molecule has 1 unspecified atom stereocenters. The lowest BCUT2D eigenvalue weighted by atomic mass is 9.78. The van der Waals surface area contributed by atoms with Crippen LogP contribution in [-0.4, -0.2) is 39.9 Å². The number of aryl methyl sites for hydroxylation is 1. The third kappa shape index (κ3) is 6.00. The van der Waals surface area contributed by atoms with E-state index in [1.54, 1.807) is 6.20 Å². The first kappa shape index (κ1) is 22.2. The number of imidazole rings is 1. The van der Waals surface area contributed by atoms with Crippen molar-refractivity contribution in [2.75, 3.05) is 19.1 Å². The monoisotopic (exact) mass is 428 g/mol. The van der Waals surface area contributed by atoms with Gasteiger partial charge < -0.3 is 19.1 Å². The van der Waals surface area contributed by atoms with Crippen molar-refractivity contribution in [1.82, 2.24) is 9.55 Å². The lowest BCUT2D eigenvalue weighted by Crippen LogP contribution is -2.20. The Morgan fingerprint density at radius 1 is 1.00 bits per heavy atom. The van der Waals surface area contributed by atoms with E-state index in [0.29, 0.717) is 6.61 Å². The molecule has 1 aromatic heterocycles. The third-order valence-electron chi connectivity index (χ3n) is 5.16. The van der Waals surface area contributed by atoms with E-state index < -0.39 is 6.10 Å². The van der Waals surface area contributed by atoms with Gasteiger partial charge in [-0.15, -0.1) is 11.6 Å². The third-order valence-corrected chi connectivity index (χ3v) is 5.52. The van der Waals surface area contributed by atoms with E-state index in [1.165, 1.54) is 11.1 Å². The van der Waals surface area contributed by atoms with E-state index in [1.807, 2.05) is 41.4 Å². The van der Waals surface area contributed by atoms with Crippen LogP contribution in [0.4, 0.5) is 0 Å². The number of rotatable bonds is 11. The van der Waals surface area contributed by atoms with Crippen LogP contribution in [-0.2, 0) is 12.0 Å². The van der Waals surface area contributed by atoms with Gasteiger partial charge >= 0.3 is 0 Å². The Bertz CT molecular complexity index is 878. The van der Waals surface area contributed by atoms with Gasteiger partial charge in [-0.25, -0.2) is 4.98 Å². The maximum Gasteiger partial charge on any atom is 0.119 e. The van der Waals surface area contributed by atoms with Crippen molar-refractivity contribution in [2.24, 2.45) is 0 Å². The van der Waals surface area contributed by atoms with Crippen LogP contribution < -0.4 is 9.47 Å². The maximum atomic E-state index is 9.51. The van der Waals surface area contributed by atoms with Crippen LogP contribution >= 0.6 is 11.6 Å². The molecule has 5 nitrogen and oxygen atoms in total. The Hall–Kier alpha value is -2.50. The fourth-order valence-corrected chi connectivity index (χ4v) is 3.28. The van der Waals surface area contributed by atoms with Gasteiger partial charge in [-0.1, -0.05) is 38.1 Å². The van der Waals surface area contributed by atoms with Gasteiger partial charge in [0.25, 0.3) is 0 Å². The molecule has 0 spiro atoms. The lowest BCUT2D eigenvalue weighted by Gasteiger charge is -2.26. The topological polar surface area (TPSA) is 56.5 Å². The molecule has 1 heterocycles. The summed E-state index contributed by atoms with van der Waals surface area (Å²) in [6, 6.07) is 16.3. The molecule has 3 aromatic rings. The van der Waals surface area contributed by atoms with E-state index in [0.717, 1.165) is 24.5 Å². The molecular weight excluding hydrogens is 400 g/mol. The number of halogens is 1. The molecule has 6 heteroatoms. The summed E-state index contributed by atoms with van der Waals surface area (Å²) in [7, 11) is 0. The number of aliphatic hydroxyl groups is 1. The number of ether oxygens (including phenoxy) is 2. The summed E-state index contributed by atoms with van der Waals surface area (Å²) in [5, 5.41) is 9.51. The summed E-state index contributed by atoms with van der Waals surface area (Å²) in [5.74, 6) is 1.76. The zero-order chi connectivity index (χ0) is 21.4. The SMILES string of the molecule is CC(C)(c1ccc(OCCCn2ccnc2)cc1)c1ccc(OCC(O)CCl)cc1. The van der Waals surface area contributed by atoms with Gasteiger partial charge in [-0.05, 0) is 41.8 Å². The summed E-state index contributed by atoms with van der Waals surface area (Å²) >= 11 is 5.60. The van der Waals surface area contributed by atoms with Crippen LogP contribution in [0.2, 0.25) is 0 Å². The highest BCUT2D eigenvalue weighted by Crippen LogP contribution is 2.33. The number of hydrogen-bond acceptors (Lipinski definition) is 4. The van der Waals surface area contributed by atoms with Crippen LogP contribution in [0.5, 0.6) is 11.5 Å². The minimum absolute atomic E-state index is 0.159. The first-order valence-electron chi connectivity index (χ1n) is 10.2. The Morgan fingerprint density at radius 2 is 1.60 bits per heavy atom. The zero-order valence-electron chi connectivity index (χ0n) is 17.5. The molecule has 0 fully saturated rings. The van der Waals surface area contributed by atoms with Gasteiger partial charge in [0.05, 0.1) is 18.8 Å². The van der Waals surface area contributed by atoms with E-state index in [2.05, 4.69) is 43.1 Å². The van der Waals surface area contributed by atoms with Gasteiger partial charge in [-0.2, -0.15) is 0 Å². The van der Waals surface area contributed by atoms with Gasteiger partial charge in [0.2, 0.25) is 0 Å². The minimum atomic E-state index is -0.658. The number of aromatic nitrogens is 2. The Labute approximate surface area is 183 Å². The first-order valence-corrected chi connectivity index (χ1v) is 10.7. The second-order valence-corrected chi connectivity index (χ2v) is 8.10. The van der Waals surface area contributed by atoms with Crippen LogP contribution in [0.15, 0.2) is 67.3 Å². The van der Waals surface area contributed by atoms with Crippen molar-refractivity contribution in [1.29, 1.82) is 0 Å². The summed E-state index contributed by atoms with van der Waals surface area (Å²) in [6.07, 6.45) is 5.83. The summed E-state index contributed by atoms with van der Waals surface area (Å²) < 4.78 is 13.5. The fraction of sp³-hybridized carbons (Fsp3) is 0.375. The lowest BCUT2D eigenvalue weighted by molar-refractivity contribution is 0.125. The van der Waals surface area contributed by atoms with Gasteiger partial charge in [-0.3, -0.25) is 0 Å². The average Bonchev–Trinajstić information content (AvgIpc) is 3.29. The Kier molecular flexibility index (Phi) is 7.77. The number of hydrogen-bond donors (Lipinski definition) is 1. The standard InChI is InChI=1S/C24H29ClN2O3/c1-24(2,20-6-10-23(11-7-20)30-17-21(28)16-25)19-4-8-22(9-5-19)29-15-3-13-27-14-12-26-18-27/h4-12,14,18,21,28H,3,13,15-17H2,1-2H3. The molecule has 1 N–H and O–H groups in total. The summed E-state index contributed by atoms with van der Waals surface area (Å²) in [5.41, 5.74) is 2.23. The van der Waals surface area contributed by atoms with Crippen molar-refractivity contribution >= 4 is 11.6 Å². The number of benzene rings is 2. The smallest absolute Gasteiger partial charge is 0.119 e. The highest BCUT2D eigenvalue weighted by Gasteiger charge is 2.23. The van der Waals surface area contributed by atoms with Crippen molar-refractivity contribution in [3.8, 4) is 11.5 Å². The van der Waals surface area contributed by atoms with Crippen LogP contribution in [0.25, 0.3) is 0 Å². The van der Waals surface area contributed by atoms with Gasteiger partial charge in [0.15, 0.2) is 0 Å². The molecular formula is C24H29ClN2O3. The van der Waals surface area contributed by atoms with E-state index >= 15 is 0 Å². The van der Waals surface area contributed by atoms with E-state index in [9.17, 15) is 5.11 Å². The first-order chi connectivity index (χ1) is 14.5. The number of alkyl halides is 1. The van der Waals surface area contributed by atoms with Crippen LogP contribution in [0, 0.1) is 0 Å². The largest absolute Gasteiger partial charge is 0.494 e. The highest BCUT2D eigenvalue weighted by molar-refractivity contribution is 6.18. The van der Waals surface area contributed by atoms with E-state index in [4.69, 9.17) is 21.1 Å². The molecule has 0 bridgehead atoms. The highest BCUT2D eigenvalue weighted by atomic mass is 35.5. The molecule has 2 aromatic carbocycles.